The Bertz CT molecular complexity index is 846. The van der Waals surface area contributed by atoms with Crippen molar-refractivity contribution in [2.45, 2.75) is 38.1 Å². The third-order valence-corrected chi connectivity index (χ3v) is 4.95. The average molecular weight is 344 g/mol. The number of rotatable bonds is 5. The molecule has 134 valence electrons. The summed E-state index contributed by atoms with van der Waals surface area (Å²) >= 11 is 0. The van der Waals surface area contributed by atoms with E-state index in [-0.39, 0.29) is 30.0 Å². The molecule has 0 unspecified atom stereocenters. The van der Waals surface area contributed by atoms with Crippen molar-refractivity contribution in [3.63, 3.8) is 0 Å². The van der Waals surface area contributed by atoms with Crippen LogP contribution in [-0.4, -0.2) is 46.9 Å². The third-order valence-electron chi connectivity index (χ3n) is 4.95. The summed E-state index contributed by atoms with van der Waals surface area (Å²) in [4.78, 5) is 40.6. The lowest BCUT2D eigenvalue weighted by Gasteiger charge is -2.17. The number of hydrogen-bond donors (Lipinski definition) is 2. The highest BCUT2D eigenvalue weighted by molar-refractivity contribution is 5.97. The average Bonchev–Trinajstić information content (AvgIpc) is 3.24. The zero-order chi connectivity index (χ0) is 18.0. The third kappa shape index (κ3) is 3.45. The molecule has 1 aromatic carbocycles. The number of nitrogens with one attached hydrogen (secondary N) is 2. The molecule has 0 saturated heterocycles. The van der Waals surface area contributed by atoms with Crippen molar-refractivity contribution in [1.82, 2.24) is 19.8 Å². The lowest BCUT2D eigenvalue weighted by atomic mass is 10.1. The molecule has 3 rings (SSSR count). The topological polar surface area (TPSA) is 87.2 Å². The normalized spacial score (nSPS) is 14.8. The van der Waals surface area contributed by atoms with E-state index < -0.39 is 0 Å². The van der Waals surface area contributed by atoms with E-state index in [9.17, 15) is 14.4 Å². The van der Waals surface area contributed by atoms with E-state index in [1.807, 2.05) is 10.6 Å². The number of imidazole rings is 1. The monoisotopic (exact) mass is 344 g/mol. The number of carbonyl (C=O) groups is 2. The zero-order valence-electron chi connectivity index (χ0n) is 14.7. The molecule has 1 aromatic heterocycles. The highest BCUT2D eigenvalue weighted by atomic mass is 16.2. The van der Waals surface area contributed by atoms with Gasteiger partial charge < -0.3 is 15.2 Å². The number of hydrogen-bond acceptors (Lipinski definition) is 3. The first-order valence-corrected chi connectivity index (χ1v) is 8.71. The van der Waals surface area contributed by atoms with Gasteiger partial charge in [-0.2, -0.15) is 0 Å². The van der Waals surface area contributed by atoms with Crippen LogP contribution >= 0.6 is 0 Å². The van der Waals surface area contributed by atoms with Gasteiger partial charge in [0.05, 0.1) is 11.0 Å². The quantitative estimate of drug-likeness (QED) is 0.865. The molecule has 1 fully saturated rings. The Balaban J connectivity index is 1.82. The first-order chi connectivity index (χ1) is 12.0. The van der Waals surface area contributed by atoms with E-state index in [0.717, 1.165) is 31.2 Å². The van der Waals surface area contributed by atoms with Gasteiger partial charge >= 0.3 is 5.69 Å². The first kappa shape index (κ1) is 17.3. The van der Waals surface area contributed by atoms with Gasteiger partial charge in [-0.25, -0.2) is 4.79 Å². The lowest BCUT2D eigenvalue weighted by Crippen LogP contribution is -2.31. The van der Waals surface area contributed by atoms with E-state index in [2.05, 4.69) is 10.3 Å². The van der Waals surface area contributed by atoms with Crippen molar-refractivity contribution in [3.8, 4) is 0 Å². The number of fused-ring (bicyclic) bond motifs is 1. The van der Waals surface area contributed by atoms with Crippen molar-refractivity contribution >= 4 is 22.8 Å². The van der Waals surface area contributed by atoms with Gasteiger partial charge in [-0.15, -0.1) is 0 Å². The predicted molar refractivity (Wildman–Crippen MR) is 95.7 cm³/mol. The fraction of sp³-hybridized carbons (Fsp3) is 0.500. The van der Waals surface area contributed by atoms with Crippen LogP contribution in [0.15, 0.2) is 23.0 Å². The summed E-state index contributed by atoms with van der Waals surface area (Å²) in [7, 11) is 3.24. The second kappa shape index (κ2) is 7.13. The molecule has 0 atom stereocenters. The summed E-state index contributed by atoms with van der Waals surface area (Å²) in [5.41, 5.74) is 1.93. The van der Waals surface area contributed by atoms with Gasteiger partial charge in [0.1, 0.15) is 0 Å². The number of aromatic nitrogens is 2. The standard InChI is InChI=1S/C18H24N4O3/c1-19-16(23)9-10-21(2)17(24)12-7-8-15-14(11-12)20-18(25)22(15)13-5-3-4-6-13/h7-8,11,13H,3-6,9-10H2,1-2H3,(H,19,23)(H,20,25). The minimum atomic E-state index is -0.166. The molecule has 2 N–H and O–H groups in total. The molecule has 1 aliphatic carbocycles. The Labute approximate surface area is 146 Å². The maximum atomic E-state index is 12.5. The van der Waals surface area contributed by atoms with Crippen LogP contribution < -0.4 is 11.0 Å². The number of nitrogens with zero attached hydrogens (tertiary/aromatic N) is 2. The molecular weight excluding hydrogens is 320 g/mol. The van der Waals surface area contributed by atoms with E-state index in [1.165, 1.54) is 4.90 Å². The molecule has 7 heteroatoms. The molecule has 1 aliphatic rings. The fourth-order valence-electron chi connectivity index (χ4n) is 3.51. The van der Waals surface area contributed by atoms with Crippen LogP contribution in [0.25, 0.3) is 11.0 Å². The van der Waals surface area contributed by atoms with Crippen LogP contribution in [0.4, 0.5) is 0 Å². The molecule has 0 bridgehead atoms. The van der Waals surface area contributed by atoms with Crippen molar-refractivity contribution in [2.75, 3.05) is 20.6 Å². The largest absolute Gasteiger partial charge is 0.359 e. The van der Waals surface area contributed by atoms with Crippen molar-refractivity contribution in [1.29, 1.82) is 0 Å². The van der Waals surface area contributed by atoms with Crippen molar-refractivity contribution < 1.29 is 9.59 Å². The van der Waals surface area contributed by atoms with Crippen LogP contribution in [0.3, 0.4) is 0 Å². The van der Waals surface area contributed by atoms with E-state index >= 15 is 0 Å². The smallest absolute Gasteiger partial charge is 0.326 e. The Morgan fingerprint density at radius 1 is 1.32 bits per heavy atom. The summed E-state index contributed by atoms with van der Waals surface area (Å²) in [6.45, 7) is 0.343. The molecule has 0 radical (unpaired) electrons. The summed E-state index contributed by atoms with van der Waals surface area (Å²) in [5.74, 6) is -0.270. The molecule has 25 heavy (non-hydrogen) atoms. The Morgan fingerprint density at radius 2 is 2.04 bits per heavy atom. The summed E-state index contributed by atoms with van der Waals surface area (Å²) in [5, 5.41) is 2.54. The van der Waals surface area contributed by atoms with Gasteiger partial charge in [-0.3, -0.25) is 14.2 Å². The zero-order valence-corrected chi connectivity index (χ0v) is 14.7. The van der Waals surface area contributed by atoms with Crippen LogP contribution in [0.1, 0.15) is 48.5 Å². The Kier molecular flexibility index (Phi) is 4.92. The molecule has 2 amide bonds. The number of benzene rings is 1. The lowest BCUT2D eigenvalue weighted by molar-refractivity contribution is -0.120. The number of aromatic amines is 1. The van der Waals surface area contributed by atoms with Crippen LogP contribution in [0.5, 0.6) is 0 Å². The van der Waals surface area contributed by atoms with E-state index in [0.29, 0.717) is 17.6 Å². The summed E-state index contributed by atoms with van der Waals surface area (Å²) < 4.78 is 1.83. The van der Waals surface area contributed by atoms with Crippen LogP contribution in [-0.2, 0) is 4.79 Å². The van der Waals surface area contributed by atoms with Gasteiger partial charge in [0, 0.05) is 38.7 Å². The number of amides is 2. The molecule has 1 saturated carbocycles. The van der Waals surface area contributed by atoms with Gasteiger partial charge in [-0.05, 0) is 31.0 Å². The Morgan fingerprint density at radius 3 is 2.72 bits per heavy atom. The van der Waals surface area contributed by atoms with Gasteiger partial charge in [-0.1, -0.05) is 12.8 Å². The predicted octanol–water partition coefficient (Wildman–Crippen LogP) is 1.65. The van der Waals surface area contributed by atoms with Crippen molar-refractivity contribution in [3.05, 3.63) is 34.2 Å². The summed E-state index contributed by atoms with van der Waals surface area (Å²) in [6.07, 6.45) is 4.61. The molecular formula is C18H24N4O3. The van der Waals surface area contributed by atoms with Crippen molar-refractivity contribution in [2.24, 2.45) is 0 Å². The Hall–Kier alpha value is -2.57. The molecule has 0 aliphatic heterocycles. The second-order valence-electron chi connectivity index (χ2n) is 6.62. The maximum absolute atomic E-state index is 12.5. The van der Waals surface area contributed by atoms with Gasteiger partial charge in [0.2, 0.25) is 5.91 Å². The second-order valence-corrected chi connectivity index (χ2v) is 6.62. The van der Waals surface area contributed by atoms with Gasteiger partial charge in [0.15, 0.2) is 0 Å². The highest BCUT2D eigenvalue weighted by Gasteiger charge is 2.22. The molecule has 2 aromatic rings. The number of carbonyl (C=O) groups excluding carboxylic acids is 2. The maximum Gasteiger partial charge on any atom is 0.326 e. The highest BCUT2D eigenvalue weighted by Crippen LogP contribution is 2.30. The SMILES string of the molecule is CNC(=O)CCN(C)C(=O)c1ccc2c(c1)[nH]c(=O)n2C1CCCC1. The minimum absolute atomic E-state index is 0.104. The number of H-pyrrole nitrogens is 1. The summed E-state index contributed by atoms with van der Waals surface area (Å²) in [6, 6.07) is 5.56. The molecule has 1 heterocycles. The van der Waals surface area contributed by atoms with Crippen LogP contribution in [0.2, 0.25) is 0 Å². The first-order valence-electron chi connectivity index (χ1n) is 8.71. The molecule has 7 nitrogen and oxygen atoms in total. The van der Waals surface area contributed by atoms with E-state index in [4.69, 9.17) is 0 Å². The molecule has 0 spiro atoms. The van der Waals surface area contributed by atoms with Gasteiger partial charge in [0.25, 0.3) is 5.91 Å². The minimum Gasteiger partial charge on any atom is -0.359 e. The van der Waals surface area contributed by atoms with E-state index in [1.54, 1.807) is 26.2 Å². The fourth-order valence-corrected chi connectivity index (χ4v) is 3.51. The van der Waals surface area contributed by atoms with Crippen LogP contribution in [0, 0.1) is 0 Å².